The third-order valence-corrected chi connectivity index (χ3v) is 1.83. The molecule has 0 bridgehead atoms. The van der Waals surface area contributed by atoms with Crippen LogP contribution in [0.25, 0.3) is 6.08 Å². The summed E-state index contributed by atoms with van der Waals surface area (Å²) >= 11 is 0. The lowest BCUT2D eigenvalue weighted by atomic mass is 10.1. The summed E-state index contributed by atoms with van der Waals surface area (Å²) in [5.74, 6) is -0.354. The first-order valence-electron chi connectivity index (χ1n) is 4.31. The molecule has 4 heteroatoms. The van der Waals surface area contributed by atoms with Crippen molar-refractivity contribution < 1.29 is 9.53 Å². The van der Waals surface area contributed by atoms with E-state index in [1.807, 2.05) is 24.3 Å². The molecule has 0 aliphatic heterocycles. The highest BCUT2D eigenvalue weighted by atomic mass is 35.5. The predicted octanol–water partition coefficient (Wildman–Crippen LogP) is 1.75. The van der Waals surface area contributed by atoms with E-state index in [2.05, 4.69) is 4.74 Å². The molecule has 0 amide bonds. The van der Waals surface area contributed by atoms with Gasteiger partial charge in [-0.15, -0.1) is 12.4 Å². The summed E-state index contributed by atoms with van der Waals surface area (Å²) in [7, 11) is 1.35. The Morgan fingerprint density at radius 1 is 1.40 bits per heavy atom. The first-order chi connectivity index (χ1) is 6.76. The molecule has 0 heterocycles. The SMILES string of the molecule is COC(=O)C=Cc1ccc(CN)cc1.Cl. The van der Waals surface area contributed by atoms with Gasteiger partial charge in [-0.1, -0.05) is 24.3 Å². The molecule has 2 N–H and O–H groups in total. The molecule has 1 aromatic rings. The summed E-state index contributed by atoms with van der Waals surface area (Å²) in [6, 6.07) is 7.66. The number of hydrogen-bond acceptors (Lipinski definition) is 3. The zero-order chi connectivity index (χ0) is 10.4. The van der Waals surface area contributed by atoms with Gasteiger partial charge in [0.25, 0.3) is 0 Å². The lowest BCUT2D eigenvalue weighted by molar-refractivity contribution is -0.134. The standard InChI is InChI=1S/C11H13NO2.ClH/c1-14-11(13)7-6-9-2-4-10(8-12)5-3-9;/h2-7H,8,12H2,1H3;1H. The van der Waals surface area contributed by atoms with Crippen LogP contribution in [0.1, 0.15) is 11.1 Å². The van der Waals surface area contributed by atoms with Gasteiger partial charge in [0.1, 0.15) is 0 Å². The van der Waals surface area contributed by atoms with Gasteiger partial charge in [-0.25, -0.2) is 4.79 Å². The highest BCUT2D eigenvalue weighted by Crippen LogP contribution is 2.05. The van der Waals surface area contributed by atoms with Gasteiger partial charge in [0.15, 0.2) is 0 Å². The molecule has 0 atom stereocenters. The molecule has 0 unspecified atom stereocenters. The van der Waals surface area contributed by atoms with E-state index < -0.39 is 0 Å². The van der Waals surface area contributed by atoms with E-state index in [4.69, 9.17) is 5.73 Å². The lowest BCUT2D eigenvalue weighted by Crippen LogP contribution is -1.95. The largest absolute Gasteiger partial charge is 0.466 e. The van der Waals surface area contributed by atoms with Crippen molar-refractivity contribution in [2.24, 2.45) is 5.73 Å². The van der Waals surface area contributed by atoms with Gasteiger partial charge in [-0.2, -0.15) is 0 Å². The second kappa shape index (κ2) is 7.04. The quantitative estimate of drug-likeness (QED) is 0.632. The first-order valence-corrected chi connectivity index (χ1v) is 4.31. The van der Waals surface area contributed by atoms with Crippen LogP contribution < -0.4 is 5.73 Å². The number of halogens is 1. The van der Waals surface area contributed by atoms with E-state index >= 15 is 0 Å². The van der Waals surface area contributed by atoms with E-state index in [9.17, 15) is 4.79 Å². The smallest absolute Gasteiger partial charge is 0.330 e. The number of rotatable bonds is 3. The van der Waals surface area contributed by atoms with Crippen molar-refractivity contribution in [2.45, 2.75) is 6.54 Å². The summed E-state index contributed by atoms with van der Waals surface area (Å²) in [5.41, 5.74) is 7.47. The molecule has 0 aliphatic rings. The summed E-state index contributed by atoms with van der Waals surface area (Å²) in [4.78, 5) is 10.8. The topological polar surface area (TPSA) is 52.3 Å². The second-order valence-electron chi connectivity index (χ2n) is 2.80. The maximum Gasteiger partial charge on any atom is 0.330 e. The van der Waals surface area contributed by atoms with Gasteiger partial charge in [0, 0.05) is 12.6 Å². The van der Waals surface area contributed by atoms with Crippen molar-refractivity contribution in [3.8, 4) is 0 Å². The van der Waals surface area contributed by atoms with Crippen molar-refractivity contribution >= 4 is 24.5 Å². The molecule has 0 fully saturated rings. The molecule has 0 aromatic heterocycles. The summed E-state index contributed by atoms with van der Waals surface area (Å²) in [6.07, 6.45) is 3.09. The fraction of sp³-hybridized carbons (Fsp3) is 0.182. The second-order valence-corrected chi connectivity index (χ2v) is 2.80. The van der Waals surface area contributed by atoms with Crippen LogP contribution in [-0.4, -0.2) is 13.1 Å². The van der Waals surface area contributed by atoms with Crippen LogP contribution in [0, 0.1) is 0 Å². The Morgan fingerprint density at radius 3 is 2.47 bits per heavy atom. The van der Waals surface area contributed by atoms with Crippen LogP contribution in [0.5, 0.6) is 0 Å². The highest BCUT2D eigenvalue weighted by molar-refractivity contribution is 5.86. The molecule has 1 rings (SSSR count). The minimum absolute atomic E-state index is 0. The summed E-state index contributed by atoms with van der Waals surface area (Å²) in [6.45, 7) is 0.529. The maximum absolute atomic E-state index is 10.8. The monoisotopic (exact) mass is 227 g/mol. The minimum atomic E-state index is -0.354. The Morgan fingerprint density at radius 2 is 2.00 bits per heavy atom. The summed E-state index contributed by atoms with van der Waals surface area (Å²) in [5, 5.41) is 0. The van der Waals surface area contributed by atoms with Gasteiger partial charge in [-0.3, -0.25) is 0 Å². The number of hydrogen-bond donors (Lipinski definition) is 1. The normalized spacial score (nSPS) is 9.73. The highest BCUT2D eigenvalue weighted by Gasteiger charge is 1.92. The van der Waals surface area contributed by atoms with Gasteiger partial charge in [-0.05, 0) is 17.2 Å². The molecule has 0 spiro atoms. The van der Waals surface area contributed by atoms with Crippen molar-refractivity contribution in [2.75, 3.05) is 7.11 Å². The van der Waals surface area contributed by atoms with Crippen molar-refractivity contribution in [1.29, 1.82) is 0 Å². The van der Waals surface area contributed by atoms with E-state index in [-0.39, 0.29) is 18.4 Å². The Kier molecular flexibility index (Phi) is 6.42. The predicted molar refractivity (Wildman–Crippen MR) is 62.6 cm³/mol. The Hall–Kier alpha value is -1.32. The number of carbonyl (C=O) groups is 1. The van der Waals surface area contributed by atoms with Crippen LogP contribution in [0.15, 0.2) is 30.3 Å². The van der Waals surface area contributed by atoms with Crippen LogP contribution in [0.3, 0.4) is 0 Å². The molecule has 0 aliphatic carbocycles. The van der Waals surface area contributed by atoms with Gasteiger partial charge >= 0.3 is 5.97 Å². The lowest BCUT2D eigenvalue weighted by Gasteiger charge is -1.96. The third kappa shape index (κ3) is 4.63. The van der Waals surface area contributed by atoms with E-state index in [1.54, 1.807) is 6.08 Å². The Bertz CT molecular complexity index is 333. The number of ether oxygens (including phenoxy) is 1. The molecule has 0 saturated heterocycles. The molecule has 0 radical (unpaired) electrons. The number of methoxy groups -OCH3 is 1. The van der Waals surface area contributed by atoms with Crippen molar-refractivity contribution in [1.82, 2.24) is 0 Å². The van der Waals surface area contributed by atoms with E-state index in [0.717, 1.165) is 11.1 Å². The molecule has 82 valence electrons. The molecule has 1 aromatic carbocycles. The Labute approximate surface area is 95.3 Å². The van der Waals surface area contributed by atoms with E-state index in [0.29, 0.717) is 6.54 Å². The van der Waals surface area contributed by atoms with Gasteiger partial charge in [0.05, 0.1) is 7.11 Å². The van der Waals surface area contributed by atoms with Crippen LogP contribution >= 0.6 is 12.4 Å². The zero-order valence-electron chi connectivity index (χ0n) is 8.47. The minimum Gasteiger partial charge on any atom is -0.466 e. The number of esters is 1. The molecule has 3 nitrogen and oxygen atoms in total. The number of nitrogens with two attached hydrogens (primary N) is 1. The molecule has 0 saturated carbocycles. The maximum atomic E-state index is 10.8. The zero-order valence-corrected chi connectivity index (χ0v) is 9.29. The van der Waals surface area contributed by atoms with Gasteiger partial charge < -0.3 is 10.5 Å². The fourth-order valence-corrected chi connectivity index (χ4v) is 0.997. The van der Waals surface area contributed by atoms with E-state index in [1.165, 1.54) is 13.2 Å². The first kappa shape index (κ1) is 13.7. The average molecular weight is 228 g/mol. The summed E-state index contributed by atoms with van der Waals surface area (Å²) < 4.78 is 4.47. The number of carbonyl (C=O) groups excluding carboxylic acids is 1. The molecular formula is C11H14ClNO2. The molecule has 15 heavy (non-hydrogen) atoms. The fourth-order valence-electron chi connectivity index (χ4n) is 0.997. The number of benzene rings is 1. The molecular weight excluding hydrogens is 214 g/mol. The van der Waals surface area contributed by atoms with Crippen LogP contribution in [0.4, 0.5) is 0 Å². The van der Waals surface area contributed by atoms with Crippen LogP contribution in [0.2, 0.25) is 0 Å². The average Bonchev–Trinajstić information content (AvgIpc) is 2.26. The van der Waals surface area contributed by atoms with Crippen molar-refractivity contribution in [3.05, 3.63) is 41.5 Å². The van der Waals surface area contributed by atoms with Crippen LogP contribution in [-0.2, 0) is 16.1 Å². The Balaban J connectivity index is 0.00000196. The van der Waals surface area contributed by atoms with Gasteiger partial charge in [0.2, 0.25) is 0 Å². The third-order valence-electron chi connectivity index (χ3n) is 1.83. The van der Waals surface area contributed by atoms with Crippen molar-refractivity contribution in [3.63, 3.8) is 0 Å².